The molecule has 2 saturated carbocycles. The quantitative estimate of drug-likeness (QED) is 0.491. The van der Waals surface area contributed by atoms with Gasteiger partial charge in [-0.3, -0.25) is 9.59 Å². The van der Waals surface area contributed by atoms with Gasteiger partial charge in [-0.1, -0.05) is 6.92 Å². The highest BCUT2D eigenvalue weighted by molar-refractivity contribution is 6.05. The zero-order valence-corrected chi connectivity index (χ0v) is 6.72. The van der Waals surface area contributed by atoms with Crippen molar-refractivity contribution in [3.63, 3.8) is 0 Å². The van der Waals surface area contributed by atoms with Crippen LogP contribution < -0.4 is 0 Å². The Labute approximate surface area is 66.0 Å². The normalized spacial score (nSPS) is 43.2. The van der Waals surface area contributed by atoms with Gasteiger partial charge in [-0.25, -0.2) is 0 Å². The van der Waals surface area contributed by atoms with Gasteiger partial charge in [0.25, 0.3) is 0 Å². The number of carbonyl (C=O) groups is 2. The minimum atomic E-state index is -0.126. The van der Waals surface area contributed by atoms with Crippen LogP contribution in [0.3, 0.4) is 0 Å². The lowest BCUT2D eigenvalue weighted by atomic mass is 9.76. The molecule has 0 spiro atoms. The van der Waals surface area contributed by atoms with Crippen LogP contribution in [0, 0.1) is 11.3 Å². The number of rotatable bonds is 0. The van der Waals surface area contributed by atoms with Crippen LogP contribution in [0.4, 0.5) is 0 Å². The molecule has 60 valence electrons. The molecule has 2 nitrogen and oxygen atoms in total. The summed E-state index contributed by atoms with van der Waals surface area (Å²) in [6.07, 6.45) is 2.91. The summed E-state index contributed by atoms with van der Waals surface area (Å²) in [6, 6.07) is 0. The Bertz CT molecular complexity index is 232. The molecule has 2 heteroatoms. The van der Waals surface area contributed by atoms with Gasteiger partial charge in [-0.15, -0.1) is 0 Å². The van der Waals surface area contributed by atoms with Crippen LogP contribution in [0.1, 0.15) is 32.6 Å². The van der Waals surface area contributed by atoms with E-state index >= 15 is 0 Å². The Morgan fingerprint density at radius 3 is 2.91 bits per heavy atom. The Balaban J connectivity index is 2.32. The van der Waals surface area contributed by atoms with Crippen molar-refractivity contribution in [2.45, 2.75) is 32.6 Å². The predicted octanol–water partition coefficient (Wildman–Crippen LogP) is 1.33. The van der Waals surface area contributed by atoms with E-state index in [4.69, 9.17) is 0 Å². The average molecular weight is 152 g/mol. The lowest BCUT2D eigenvalue weighted by Crippen LogP contribution is -2.33. The molecule has 2 atom stereocenters. The van der Waals surface area contributed by atoms with Crippen LogP contribution in [0.5, 0.6) is 0 Å². The number of ketones is 2. The van der Waals surface area contributed by atoms with E-state index in [2.05, 4.69) is 0 Å². The second-order valence-corrected chi connectivity index (χ2v) is 4.07. The maximum atomic E-state index is 11.4. The third kappa shape index (κ3) is 0.849. The first-order valence-electron chi connectivity index (χ1n) is 4.18. The Morgan fingerprint density at radius 2 is 2.18 bits per heavy atom. The molecule has 0 aromatic heterocycles. The molecule has 2 fully saturated rings. The van der Waals surface area contributed by atoms with Crippen molar-refractivity contribution in [3.8, 4) is 0 Å². The van der Waals surface area contributed by atoms with Crippen molar-refractivity contribution < 1.29 is 9.59 Å². The number of carbonyl (C=O) groups excluding carboxylic acids is 2. The van der Waals surface area contributed by atoms with Gasteiger partial charge in [0.2, 0.25) is 0 Å². The van der Waals surface area contributed by atoms with Crippen LogP contribution in [0.2, 0.25) is 0 Å². The SMILES string of the molecule is CC12CCC(C1)C(=O)CC2=O. The Kier molecular flexibility index (Phi) is 1.23. The topological polar surface area (TPSA) is 34.1 Å². The molecule has 11 heavy (non-hydrogen) atoms. The highest BCUT2D eigenvalue weighted by Gasteiger charge is 2.48. The minimum absolute atomic E-state index is 0.126. The van der Waals surface area contributed by atoms with Gasteiger partial charge in [0, 0.05) is 11.3 Å². The number of fused-ring (bicyclic) bond motifs is 2. The molecule has 0 aliphatic heterocycles. The molecule has 2 rings (SSSR count). The van der Waals surface area contributed by atoms with E-state index in [1.165, 1.54) is 0 Å². The Morgan fingerprint density at radius 1 is 1.45 bits per heavy atom. The first-order valence-corrected chi connectivity index (χ1v) is 4.18. The monoisotopic (exact) mass is 152 g/mol. The minimum Gasteiger partial charge on any atom is -0.299 e. The molecule has 0 saturated heterocycles. The van der Waals surface area contributed by atoms with Crippen molar-refractivity contribution in [2.24, 2.45) is 11.3 Å². The maximum Gasteiger partial charge on any atom is 0.146 e. The van der Waals surface area contributed by atoms with E-state index in [-0.39, 0.29) is 29.3 Å². The molecule has 0 heterocycles. The van der Waals surface area contributed by atoms with E-state index < -0.39 is 0 Å². The van der Waals surface area contributed by atoms with Gasteiger partial charge in [-0.2, -0.15) is 0 Å². The summed E-state index contributed by atoms with van der Waals surface area (Å²) < 4.78 is 0. The number of hydrogen-bond acceptors (Lipinski definition) is 2. The Hall–Kier alpha value is -0.660. The van der Waals surface area contributed by atoms with Crippen LogP contribution in [-0.2, 0) is 9.59 Å². The molecule has 2 aliphatic rings. The molecule has 0 aromatic carbocycles. The lowest BCUT2D eigenvalue weighted by Gasteiger charge is -2.26. The standard InChI is InChI=1S/C9H12O2/c1-9-3-2-6(5-9)7(10)4-8(9)11/h6H,2-5H2,1H3. The zero-order valence-electron chi connectivity index (χ0n) is 6.72. The number of hydrogen-bond donors (Lipinski definition) is 0. The van der Waals surface area contributed by atoms with Crippen LogP contribution >= 0.6 is 0 Å². The van der Waals surface area contributed by atoms with Gasteiger partial charge in [0.05, 0.1) is 6.42 Å². The molecular formula is C9H12O2. The highest BCUT2D eigenvalue weighted by atomic mass is 16.2. The predicted molar refractivity (Wildman–Crippen MR) is 40.1 cm³/mol. The summed E-state index contributed by atoms with van der Waals surface area (Å²) >= 11 is 0. The second-order valence-electron chi connectivity index (χ2n) is 4.07. The molecule has 0 N–H and O–H groups in total. The molecule has 0 aromatic rings. The molecule has 2 aliphatic carbocycles. The fourth-order valence-electron chi connectivity index (χ4n) is 2.28. The van der Waals surface area contributed by atoms with Gasteiger partial charge in [0.15, 0.2) is 0 Å². The lowest BCUT2D eigenvalue weighted by molar-refractivity contribution is -0.137. The summed E-state index contributed by atoms with van der Waals surface area (Å²) in [5.74, 6) is 0.582. The summed E-state index contributed by atoms with van der Waals surface area (Å²) in [5, 5.41) is 0. The third-order valence-corrected chi connectivity index (χ3v) is 3.20. The summed E-state index contributed by atoms with van der Waals surface area (Å²) in [5.41, 5.74) is -0.126. The fourth-order valence-corrected chi connectivity index (χ4v) is 2.28. The maximum absolute atomic E-state index is 11.4. The van der Waals surface area contributed by atoms with Crippen molar-refractivity contribution >= 4 is 11.6 Å². The van der Waals surface area contributed by atoms with E-state index in [9.17, 15) is 9.59 Å². The zero-order chi connectivity index (χ0) is 8.06. The van der Waals surface area contributed by atoms with E-state index in [1.807, 2.05) is 6.92 Å². The van der Waals surface area contributed by atoms with Gasteiger partial charge in [-0.05, 0) is 19.3 Å². The molecular weight excluding hydrogens is 140 g/mol. The van der Waals surface area contributed by atoms with E-state index in [1.54, 1.807) is 0 Å². The summed E-state index contributed by atoms with van der Waals surface area (Å²) in [4.78, 5) is 22.5. The first-order chi connectivity index (χ1) is 5.12. The van der Waals surface area contributed by atoms with Crippen molar-refractivity contribution in [1.29, 1.82) is 0 Å². The van der Waals surface area contributed by atoms with Crippen LogP contribution in [0.25, 0.3) is 0 Å². The average Bonchev–Trinajstić information content (AvgIpc) is 2.28. The second kappa shape index (κ2) is 1.93. The molecule has 0 radical (unpaired) electrons. The molecule has 2 bridgehead atoms. The van der Waals surface area contributed by atoms with Crippen molar-refractivity contribution in [3.05, 3.63) is 0 Å². The first kappa shape index (κ1) is 7.01. The van der Waals surface area contributed by atoms with Gasteiger partial charge >= 0.3 is 0 Å². The smallest absolute Gasteiger partial charge is 0.146 e. The van der Waals surface area contributed by atoms with Crippen molar-refractivity contribution in [2.75, 3.05) is 0 Å². The fraction of sp³-hybridized carbons (Fsp3) is 0.778. The third-order valence-electron chi connectivity index (χ3n) is 3.20. The highest BCUT2D eigenvalue weighted by Crippen LogP contribution is 2.47. The number of Topliss-reactive ketones (excluding diaryl/α,β-unsaturated/α-hetero) is 2. The van der Waals surface area contributed by atoms with Crippen LogP contribution in [-0.4, -0.2) is 11.6 Å². The van der Waals surface area contributed by atoms with E-state index in [0.717, 1.165) is 19.3 Å². The van der Waals surface area contributed by atoms with Crippen molar-refractivity contribution in [1.82, 2.24) is 0 Å². The summed E-state index contributed by atoms with van der Waals surface area (Å²) in [6.45, 7) is 2.00. The van der Waals surface area contributed by atoms with E-state index in [0.29, 0.717) is 0 Å². The van der Waals surface area contributed by atoms with Gasteiger partial charge < -0.3 is 0 Å². The van der Waals surface area contributed by atoms with Crippen LogP contribution in [0.15, 0.2) is 0 Å². The molecule has 2 unspecified atom stereocenters. The summed E-state index contributed by atoms with van der Waals surface area (Å²) in [7, 11) is 0. The largest absolute Gasteiger partial charge is 0.299 e. The molecule has 0 amide bonds. The van der Waals surface area contributed by atoms with Gasteiger partial charge in [0.1, 0.15) is 11.6 Å².